The van der Waals surface area contributed by atoms with E-state index in [-0.39, 0.29) is 11.8 Å². The first kappa shape index (κ1) is 18.6. The van der Waals surface area contributed by atoms with Crippen LogP contribution in [0, 0.1) is 0 Å². The average Bonchev–Trinajstić information content (AvgIpc) is 2.81. The van der Waals surface area contributed by atoms with Gasteiger partial charge in [0.15, 0.2) is 0 Å². The predicted molar refractivity (Wildman–Crippen MR) is 112 cm³/mol. The lowest BCUT2D eigenvalue weighted by atomic mass is 9.83. The maximum Gasteiger partial charge on any atom is 0.128 e. The van der Waals surface area contributed by atoms with Gasteiger partial charge in [-0.3, -0.25) is 19.9 Å². The molecule has 2 heterocycles. The summed E-state index contributed by atoms with van der Waals surface area (Å²) in [6, 6.07) is 16.1. The predicted octanol–water partition coefficient (Wildman–Crippen LogP) is 4.69. The number of rotatable bonds is 6. The zero-order chi connectivity index (χ0) is 20.1. The van der Waals surface area contributed by atoms with E-state index in [0.717, 1.165) is 39.9 Å². The van der Waals surface area contributed by atoms with Crippen LogP contribution in [0.3, 0.4) is 0 Å². The SMILES string of the molecule is CC(c1ccc(-c2cnccn2)cc1)C(C=O)c1ccc(-c2cnccn2)cc1. The van der Waals surface area contributed by atoms with Crippen molar-refractivity contribution in [2.75, 3.05) is 0 Å². The van der Waals surface area contributed by atoms with Crippen LogP contribution in [0.2, 0.25) is 0 Å². The summed E-state index contributed by atoms with van der Waals surface area (Å²) in [4.78, 5) is 28.8. The first-order chi connectivity index (χ1) is 14.3. The zero-order valence-electron chi connectivity index (χ0n) is 16.0. The van der Waals surface area contributed by atoms with Crippen molar-refractivity contribution < 1.29 is 4.79 Å². The maximum absolute atomic E-state index is 11.9. The molecule has 0 fully saturated rings. The van der Waals surface area contributed by atoms with Gasteiger partial charge in [-0.15, -0.1) is 0 Å². The Kier molecular flexibility index (Phi) is 5.47. The van der Waals surface area contributed by atoms with E-state index in [1.807, 2.05) is 36.4 Å². The van der Waals surface area contributed by atoms with Gasteiger partial charge in [-0.25, -0.2) is 0 Å². The van der Waals surface area contributed by atoms with Gasteiger partial charge in [-0.2, -0.15) is 0 Å². The Hall–Kier alpha value is -3.73. The summed E-state index contributed by atoms with van der Waals surface area (Å²) < 4.78 is 0. The van der Waals surface area contributed by atoms with Gasteiger partial charge in [0, 0.05) is 41.8 Å². The molecule has 0 radical (unpaired) electrons. The highest BCUT2D eigenvalue weighted by Gasteiger charge is 2.20. The third-order valence-corrected chi connectivity index (χ3v) is 5.14. The summed E-state index contributed by atoms with van der Waals surface area (Å²) >= 11 is 0. The second kappa shape index (κ2) is 8.52. The fraction of sp³-hybridized carbons (Fsp3) is 0.125. The molecule has 4 rings (SSSR count). The molecule has 0 aliphatic carbocycles. The number of hydrogen-bond acceptors (Lipinski definition) is 5. The molecule has 2 aromatic carbocycles. The molecule has 0 aliphatic rings. The molecule has 2 atom stereocenters. The van der Waals surface area contributed by atoms with Gasteiger partial charge >= 0.3 is 0 Å². The normalized spacial score (nSPS) is 12.9. The molecule has 2 unspecified atom stereocenters. The molecule has 0 spiro atoms. The molecule has 0 saturated carbocycles. The van der Waals surface area contributed by atoms with Gasteiger partial charge in [-0.05, 0) is 17.0 Å². The molecular weight excluding hydrogens is 360 g/mol. The summed E-state index contributed by atoms with van der Waals surface area (Å²) in [6.45, 7) is 2.08. The summed E-state index contributed by atoms with van der Waals surface area (Å²) in [5.74, 6) is -0.181. The zero-order valence-corrected chi connectivity index (χ0v) is 16.0. The van der Waals surface area contributed by atoms with Gasteiger partial charge in [0.2, 0.25) is 0 Å². The first-order valence-electron chi connectivity index (χ1n) is 9.44. The van der Waals surface area contributed by atoms with E-state index in [1.54, 1.807) is 37.2 Å². The Balaban J connectivity index is 1.55. The van der Waals surface area contributed by atoms with Gasteiger partial charge in [0.1, 0.15) is 6.29 Å². The number of nitrogens with zero attached hydrogens (tertiary/aromatic N) is 4. The number of hydrogen-bond donors (Lipinski definition) is 0. The van der Waals surface area contributed by atoms with Gasteiger partial charge < -0.3 is 4.79 Å². The fourth-order valence-corrected chi connectivity index (χ4v) is 3.42. The quantitative estimate of drug-likeness (QED) is 0.454. The Bertz CT molecular complexity index is 1070. The molecule has 0 saturated heterocycles. The van der Waals surface area contributed by atoms with E-state index in [9.17, 15) is 4.79 Å². The van der Waals surface area contributed by atoms with E-state index in [1.165, 1.54) is 0 Å². The van der Waals surface area contributed by atoms with E-state index >= 15 is 0 Å². The van der Waals surface area contributed by atoms with E-state index in [4.69, 9.17) is 0 Å². The van der Waals surface area contributed by atoms with Crippen LogP contribution in [0.1, 0.15) is 29.9 Å². The van der Waals surface area contributed by atoms with Crippen LogP contribution >= 0.6 is 0 Å². The van der Waals surface area contributed by atoms with Gasteiger partial charge in [-0.1, -0.05) is 55.5 Å². The number of aromatic nitrogens is 4. The highest BCUT2D eigenvalue weighted by Crippen LogP contribution is 2.33. The highest BCUT2D eigenvalue weighted by molar-refractivity contribution is 5.67. The number of carbonyl (C=O) groups is 1. The molecule has 5 heteroatoms. The van der Waals surface area contributed by atoms with Crippen LogP contribution < -0.4 is 0 Å². The van der Waals surface area contributed by atoms with Crippen LogP contribution in [-0.2, 0) is 4.79 Å². The van der Waals surface area contributed by atoms with E-state index in [0.29, 0.717) is 0 Å². The van der Waals surface area contributed by atoms with Gasteiger partial charge in [0.05, 0.1) is 23.8 Å². The third kappa shape index (κ3) is 4.09. The van der Waals surface area contributed by atoms with Crippen molar-refractivity contribution >= 4 is 6.29 Å². The van der Waals surface area contributed by atoms with E-state index < -0.39 is 0 Å². The minimum Gasteiger partial charge on any atom is -0.303 e. The van der Waals surface area contributed by atoms with Crippen LogP contribution in [0.15, 0.2) is 85.7 Å². The average molecular weight is 380 g/mol. The lowest BCUT2D eigenvalue weighted by molar-refractivity contribution is -0.109. The Morgan fingerprint density at radius 2 is 1.17 bits per heavy atom. The van der Waals surface area contributed by atoms with Crippen molar-refractivity contribution in [3.05, 3.63) is 96.8 Å². The smallest absolute Gasteiger partial charge is 0.128 e. The third-order valence-electron chi connectivity index (χ3n) is 5.14. The molecule has 4 aromatic rings. The van der Waals surface area contributed by atoms with Gasteiger partial charge in [0.25, 0.3) is 0 Å². The van der Waals surface area contributed by atoms with Crippen LogP contribution in [-0.4, -0.2) is 26.2 Å². The molecule has 2 aromatic heterocycles. The second-order valence-electron chi connectivity index (χ2n) is 6.88. The minimum atomic E-state index is -0.228. The Morgan fingerprint density at radius 1 is 0.690 bits per heavy atom. The van der Waals surface area contributed by atoms with Crippen LogP contribution in [0.4, 0.5) is 0 Å². The topological polar surface area (TPSA) is 68.6 Å². The second-order valence-corrected chi connectivity index (χ2v) is 6.88. The molecule has 5 nitrogen and oxygen atoms in total. The van der Waals surface area contributed by atoms with Crippen LogP contribution in [0.25, 0.3) is 22.5 Å². The van der Waals surface area contributed by atoms with Crippen molar-refractivity contribution in [3.63, 3.8) is 0 Å². The van der Waals surface area contributed by atoms with Crippen molar-refractivity contribution in [2.24, 2.45) is 0 Å². The van der Waals surface area contributed by atoms with Crippen molar-refractivity contribution in [2.45, 2.75) is 18.8 Å². The molecule has 142 valence electrons. The highest BCUT2D eigenvalue weighted by atomic mass is 16.1. The Labute approximate surface area is 169 Å². The Morgan fingerprint density at radius 3 is 1.59 bits per heavy atom. The molecule has 0 bridgehead atoms. The molecular formula is C24H20N4O. The lowest BCUT2D eigenvalue weighted by Crippen LogP contribution is -2.10. The fourth-order valence-electron chi connectivity index (χ4n) is 3.42. The maximum atomic E-state index is 11.9. The summed E-state index contributed by atoms with van der Waals surface area (Å²) in [5, 5.41) is 0. The van der Waals surface area contributed by atoms with Crippen LogP contribution in [0.5, 0.6) is 0 Å². The van der Waals surface area contributed by atoms with Crippen molar-refractivity contribution in [1.29, 1.82) is 0 Å². The monoisotopic (exact) mass is 380 g/mol. The lowest BCUT2D eigenvalue weighted by Gasteiger charge is -2.20. The number of aldehydes is 1. The largest absolute Gasteiger partial charge is 0.303 e. The molecule has 0 aliphatic heterocycles. The number of carbonyl (C=O) groups excluding carboxylic acids is 1. The first-order valence-corrected chi connectivity index (χ1v) is 9.44. The standard InChI is InChI=1S/C24H20N4O/c1-17(18-2-6-20(7-3-18)23-14-25-10-12-27-23)22(16-29)19-4-8-21(9-5-19)24-15-26-11-13-28-24/h2-17,22H,1H3. The van der Waals surface area contributed by atoms with Crippen molar-refractivity contribution in [3.8, 4) is 22.5 Å². The summed E-state index contributed by atoms with van der Waals surface area (Å²) in [5.41, 5.74) is 5.72. The number of benzene rings is 2. The molecule has 0 N–H and O–H groups in total. The molecule has 0 amide bonds. The summed E-state index contributed by atoms with van der Waals surface area (Å²) in [7, 11) is 0. The van der Waals surface area contributed by atoms with Crippen molar-refractivity contribution in [1.82, 2.24) is 19.9 Å². The van der Waals surface area contributed by atoms with E-state index in [2.05, 4.69) is 39.0 Å². The molecule has 29 heavy (non-hydrogen) atoms. The summed E-state index contributed by atoms with van der Waals surface area (Å²) in [6.07, 6.45) is 11.2. The minimum absolute atomic E-state index is 0.0470.